The van der Waals surface area contributed by atoms with E-state index in [1.807, 2.05) is 0 Å². The molecule has 4 aromatic carbocycles. The van der Waals surface area contributed by atoms with E-state index in [9.17, 15) is 0 Å². The molecule has 0 atom stereocenters. The third-order valence-corrected chi connectivity index (χ3v) is 10.9. The first-order valence-corrected chi connectivity index (χ1v) is 19.9. The zero-order valence-electron chi connectivity index (χ0n) is 37.4. The number of hydrogen-bond acceptors (Lipinski definition) is 0. The van der Waals surface area contributed by atoms with Crippen molar-refractivity contribution in [2.24, 2.45) is 0 Å². The van der Waals surface area contributed by atoms with Crippen LogP contribution in [0.25, 0.3) is 33.4 Å². The molecule has 0 aromatic heterocycles. The second-order valence-corrected chi connectivity index (χ2v) is 23.1. The molecule has 0 amide bonds. The number of rotatable bonds is 3. The summed E-state index contributed by atoms with van der Waals surface area (Å²) in [6.45, 7) is 49.5. The summed E-state index contributed by atoms with van der Waals surface area (Å²) in [6, 6.07) is 27.4. The Morgan fingerprint density at radius 2 is 0.385 bits per heavy atom. The normalized spacial score (nSPS) is 13.9. The van der Waals surface area contributed by atoms with Gasteiger partial charge in [-0.3, -0.25) is 0 Å². The lowest BCUT2D eigenvalue weighted by molar-refractivity contribution is 0.568. The first-order chi connectivity index (χ1) is 23.2. The van der Waals surface area contributed by atoms with Crippen molar-refractivity contribution in [3.05, 3.63) is 106 Å². The fourth-order valence-corrected chi connectivity index (χ4v) is 6.78. The topological polar surface area (TPSA) is 0 Å². The van der Waals surface area contributed by atoms with Gasteiger partial charge in [-0.25, -0.2) is 0 Å². The highest BCUT2D eigenvalue weighted by Crippen LogP contribution is 2.48. The van der Waals surface area contributed by atoms with Gasteiger partial charge >= 0.3 is 0 Å². The van der Waals surface area contributed by atoms with Gasteiger partial charge in [0, 0.05) is 0 Å². The Bertz CT molecular complexity index is 1730. The summed E-state index contributed by atoms with van der Waals surface area (Å²) < 4.78 is 0. The van der Waals surface area contributed by atoms with Crippen molar-refractivity contribution in [3.63, 3.8) is 0 Å². The summed E-state index contributed by atoms with van der Waals surface area (Å²) >= 11 is 0. The molecule has 0 unspecified atom stereocenters. The fourth-order valence-electron chi connectivity index (χ4n) is 6.78. The molecule has 0 saturated heterocycles. The van der Waals surface area contributed by atoms with Gasteiger partial charge in [0.05, 0.1) is 0 Å². The van der Waals surface area contributed by atoms with Crippen LogP contribution in [0.3, 0.4) is 0 Å². The van der Waals surface area contributed by atoms with Crippen LogP contribution >= 0.6 is 0 Å². The van der Waals surface area contributed by atoms with Crippen molar-refractivity contribution in [2.75, 3.05) is 0 Å². The summed E-state index contributed by atoms with van der Waals surface area (Å²) in [4.78, 5) is 0. The molecule has 0 fully saturated rings. The number of hydrogen-bond donors (Lipinski definition) is 0. The van der Waals surface area contributed by atoms with E-state index in [2.05, 4.69) is 212 Å². The van der Waals surface area contributed by atoms with Crippen molar-refractivity contribution < 1.29 is 0 Å². The van der Waals surface area contributed by atoms with Gasteiger partial charge in [-0.05, 0) is 122 Å². The maximum absolute atomic E-state index is 2.53. The molecule has 0 heteroatoms. The quantitative estimate of drug-likeness (QED) is 0.200. The Morgan fingerprint density at radius 3 is 0.577 bits per heavy atom. The van der Waals surface area contributed by atoms with Gasteiger partial charge < -0.3 is 0 Å². The molecule has 0 radical (unpaired) electrons. The molecule has 282 valence electrons. The summed E-state index contributed by atoms with van der Waals surface area (Å²) in [5.74, 6) is 0. The van der Waals surface area contributed by atoms with Crippen molar-refractivity contribution in [3.8, 4) is 33.4 Å². The Morgan fingerprint density at radius 1 is 0.212 bits per heavy atom. The molecule has 0 spiro atoms. The standard InChI is InChI=1S/C52H74/c1-46(2,3)36-22-33(23-37(28-36)47(4,5)6)43-31-42(52(19,20)21)32-44(34-24-38(48(7,8)9)29-39(25-34)49(10,11)12)45(43)35-26-40(50(13,14)15)30-41(27-35)51(16,17)18/h22-32H,1-21H3. The molecular weight excluding hydrogens is 625 g/mol. The monoisotopic (exact) mass is 699 g/mol. The molecule has 0 nitrogen and oxygen atoms in total. The summed E-state index contributed by atoms with van der Waals surface area (Å²) in [5, 5.41) is 0. The Labute approximate surface area is 321 Å². The largest absolute Gasteiger partial charge is 0.0561 e. The SMILES string of the molecule is CC(C)(C)c1cc(-c2cc(C(C)(C)C)cc(-c3cc(C(C)(C)C)cc(C(C)(C)C)c3)c2-c2cc(C(C)(C)C)cc(C(C)(C)C)c2)cc(C(C)(C)C)c1. The minimum absolute atomic E-state index is 0.00119. The smallest absolute Gasteiger partial charge is 0.00264 e. The van der Waals surface area contributed by atoms with Crippen LogP contribution in [0.4, 0.5) is 0 Å². The highest BCUT2D eigenvalue weighted by molar-refractivity contribution is 5.96. The summed E-state index contributed by atoms with van der Waals surface area (Å²) in [6.07, 6.45) is 0. The maximum atomic E-state index is 2.53. The van der Waals surface area contributed by atoms with Crippen LogP contribution in [-0.2, 0) is 37.9 Å². The lowest BCUT2D eigenvalue weighted by Crippen LogP contribution is -2.18. The predicted molar refractivity (Wildman–Crippen MR) is 234 cm³/mol. The van der Waals surface area contributed by atoms with Gasteiger partial charge in [0.2, 0.25) is 0 Å². The molecular formula is C52H74. The average Bonchev–Trinajstić information content (AvgIpc) is 2.96. The second kappa shape index (κ2) is 13.3. The van der Waals surface area contributed by atoms with Crippen molar-refractivity contribution in [2.45, 2.75) is 183 Å². The van der Waals surface area contributed by atoms with Gasteiger partial charge in [0.1, 0.15) is 0 Å². The summed E-state index contributed by atoms with van der Waals surface area (Å²) in [7, 11) is 0. The highest BCUT2D eigenvalue weighted by Gasteiger charge is 2.29. The zero-order chi connectivity index (χ0) is 39.8. The highest BCUT2D eigenvalue weighted by atomic mass is 14.3. The Kier molecular flexibility index (Phi) is 10.7. The van der Waals surface area contributed by atoms with E-state index in [-0.39, 0.29) is 37.9 Å². The van der Waals surface area contributed by atoms with Crippen LogP contribution in [0.1, 0.15) is 184 Å². The zero-order valence-corrected chi connectivity index (χ0v) is 37.4. The minimum atomic E-state index is -0.0468. The van der Waals surface area contributed by atoms with Crippen LogP contribution in [-0.4, -0.2) is 0 Å². The first-order valence-electron chi connectivity index (χ1n) is 19.9. The van der Waals surface area contributed by atoms with Crippen LogP contribution in [0.5, 0.6) is 0 Å². The van der Waals surface area contributed by atoms with E-state index in [0.717, 1.165) is 0 Å². The van der Waals surface area contributed by atoms with Gasteiger partial charge in [-0.15, -0.1) is 0 Å². The van der Waals surface area contributed by atoms with Crippen LogP contribution in [0.15, 0.2) is 66.7 Å². The fraction of sp³-hybridized carbons (Fsp3) is 0.538. The van der Waals surface area contributed by atoms with Gasteiger partial charge in [-0.2, -0.15) is 0 Å². The third-order valence-electron chi connectivity index (χ3n) is 10.9. The first kappa shape index (κ1) is 41.6. The van der Waals surface area contributed by atoms with Crippen molar-refractivity contribution in [1.82, 2.24) is 0 Å². The molecule has 0 aliphatic heterocycles. The minimum Gasteiger partial charge on any atom is -0.0561 e. The van der Waals surface area contributed by atoms with Crippen LogP contribution in [0.2, 0.25) is 0 Å². The van der Waals surface area contributed by atoms with E-state index in [1.165, 1.54) is 72.3 Å². The summed E-state index contributed by atoms with van der Waals surface area (Å²) in [5.41, 5.74) is 17.5. The van der Waals surface area contributed by atoms with Crippen molar-refractivity contribution >= 4 is 0 Å². The second-order valence-electron chi connectivity index (χ2n) is 23.1. The molecule has 4 aromatic rings. The average molecular weight is 699 g/mol. The molecule has 0 heterocycles. The molecule has 0 bridgehead atoms. The predicted octanol–water partition coefficient (Wildman–Crippen LogP) is 15.8. The van der Waals surface area contributed by atoms with Gasteiger partial charge in [0.25, 0.3) is 0 Å². The van der Waals surface area contributed by atoms with Gasteiger partial charge in [-0.1, -0.05) is 200 Å². The van der Waals surface area contributed by atoms with Crippen LogP contribution in [0, 0.1) is 0 Å². The lowest BCUT2D eigenvalue weighted by Gasteiger charge is -2.31. The van der Waals surface area contributed by atoms with Crippen molar-refractivity contribution in [1.29, 1.82) is 0 Å². The molecule has 4 rings (SSSR count). The van der Waals surface area contributed by atoms with E-state index < -0.39 is 0 Å². The van der Waals surface area contributed by atoms with E-state index in [1.54, 1.807) is 0 Å². The van der Waals surface area contributed by atoms with Crippen LogP contribution < -0.4 is 0 Å². The van der Waals surface area contributed by atoms with Gasteiger partial charge in [0.15, 0.2) is 0 Å². The van der Waals surface area contributed by atoms with E-state index in [4.69, 9.17) is 0 Å². The number of benzene rings is 4. The molecule has 52 heavy (non-hydrogen) atoms. The maximum Gasteiger partial charge on any atom is -0.00264 e. The molecule has 0 N–H and O–H groups in total. The van der Waals surface area contributed by atoms with E-state index in [0.29, 0.717) is 0 Å². The molecule has 0 saturated carbocycles. The lowest BCUT2D eigenvalue weighted by atomic mass is 9.73. The molecule has 0 aliphatic carbocycles. The third kappa shape index (κ3) is 9.32. The molecule has 0 aliphatic rings. The van der Waals surface area contributed by atoms with E-state index >= 15 is 0 Å². The Balaban J connectivity index is 2.40. The Hall–Kier alpha value is -3.12.